The van der Waals surface area contributed by atoms with Crippen molar-refractivity contribution >= 4 is 40.2 Å². The van der Waals surface area contributed by atoms with Crippen LogP contribution >= 0.6 is 11.3 Å². The van der Waals surface area contributed by atoms with E-state index in [-0.39, 0.29) is 22.2 Å². The Morgan fingerprint density at radius 1 is 1.16 bits per heavy atom. The van der Waals surface area contributed by atoms with Crippen LogP contribution in [0.25, 0.3) is 6.08 Å². The third kappa shape index (κ3) is 5.42. The minimum Gasteiger partial charge on any atom is -0.503 e. The molecule has 8 nitrogen and oxygen atoms in total. The molecule has 38 heavy (non-hydrogen) atoms. The number of amides is 1. The average Bonchev–Trinajstić information content (AvgIpc) is 3.43. The summed E-state index contributed by atoms with van der Waals surface area (Å²) in [7, 11) is 0. The number of rotatable bonds is 10. The van der Waals surface area contributed by atoms with Gasteiger partial charge in [0.25, 0.3) is 5.91 Å². The van der Waals surface area contributed by atoms with Gasteiger partial charge in [-0.05, 0) is 43.2 Å². The molecule has 1 atom stereocenters. The molecule has 2 heterocycles. The molecule has 9 heteroatoms. The minimum atomic E-state index is -0.982. The third-order valence-electron chi connectivity index (χ3n) is 5.72. The second-order valence-electron chi connectivity index (χ2n) is 8.25. The molecule has 0 saturated heterocycles. The number of aliphatic hydroxyl groups excluding tert-OH is 1. The molecule has 1 unspecified atom stereocenters. The van der Waals surface area contributed by atoms with Gasteiger partial charge in [0.1, 0.15) is 17.2 Å². The number of nitrogens with zero attached hydrogens (tertiary/aromatic N) is 2. The number of anilines is 1. The van der Waals surface area contributed by atoms with Gasteiger partial charge in [0, 0.05) is 0 Å². The number of thiazole rings is 1. The smallest absolute Gasteiger partial charge is 0.350 e. The monoisotopic (exact) mass is 530 g/mol. The fourth-order valence-corrected chi connectivity index (χ4v) is 4.96. The molecule has 1 N–H and O–H groups in total. The number of carbonyl (C=O) groups is 3. The molecular formula is C29H26N2O6S. The Balaban J connectivity index is 1.77. The van der Waals surface area contributed by atoms with Crippen LogP contribution in [-0.2, 0) is 14.3 Å². The Kier molecular flexibility index (Phi) is 8.18. The number of allylic oxidation sites excluding steroid dienone is 1. The standard InChI is InChI=1S/C29H26N2O6S/c1-4-17-37-21-14-12-20(13-15-21)24-23(22(32)16-11-19-9-7-6-8-10-19)25(33)27(34)31(24)29-30-18(3)26(38-29)28(35)36-5-2/h4,6-16,24,33H,1,5,17H2,2-3H3. The van der Waals surface area contributed by atoms with Crippen molar-refractivity contribution in [3.63, 3.8) is 0 Å². The van der Waals surface area contributed by atoms with E-state index in [2.05, 4.69) is 11.6 Å². The van der Waals surface area contributed by atoms with Crippen LogP contribution < -0.4 is 9.64 Å². The highest BCUT2D eigenvalue weighted by molar-refractivity contribution is 7.17. The van der Waals surface area contributed by atoms with Crippen LogP contribution in [0.15, 0.2) is 84.7 Å². The Morgan fingerprint density at radius 3 is 2.53 bits per heavy atom. The molecule has 1 aromatic heterocycles. The summed E-state index contributed by atoms with van der Waals surface area (Å²) >= 11 is 0.964. The Hall–Kier alpha value is -4.50. The third-order valence-corrected chi connectivity index (χ3v) is 6.85. The van der Waals surface area contributed by atoms with E-state index in [4.69, 9.17) is 9.47 Å². The molecule has 1 aliphatic heterocycles. The number of aryl methyl sites for hydroxylation is 1. The van der Waals surface area contributed by atoms with Gasteiger partial charge < -0.3 is 14.6 Å². The second kappa shape index (κ2) is 11.7. The number of hydrogen-bond acceptors (Lipinski definition) is 8. The molecule has 0 fully saturated rings. The summed E-state index contributed by atoms with van der Waals surface area (Å²) in [5.41, 5.74) is 1.63. The van der Waals surface area contributed by atoms with Gasteiger partial charge in [0.2, 0.25) is 0 Å². The largest absolute Gasteiger partial charge is 0.503 e. The van der Waals surface area contributed by atoms with E-state index < -0.39 is 29.5 Å². The summed E-state index contributed by atoms with van der Waals surface area (Å²) in [6, 6.07) is 15.1. The van der Waals surface area contributed by atoms with Crippen LogP contribution in [0.5, 0.6) is 5.75 Å². The second-order valence-corrected chi connectivity index (χ2v) is 9.23. The van der Waals surface area contributed by atoms with Crippen LogP contribution in [-0.4, -0.2) is 41.0 Å². The van der Waals surface area contributed by atoms with Crippen LogP contribution in [0.1, 0.15) is 39.5 Å². The number of hydrogen-bond donors (Lipinski definition) is 1. The Bertz CT molecular complexity index is 1420. The topological polar surface area (TPSA) is 106 Å². The van der Waals surface area contributed by atoms with E-state index in [1.54, 1.807) is 50.3 Å². The molecule has 0 bridgehead atoms. The molecule has 3 aromatic rings. The van der Waals surface area contributed by atoms with Gasteiger partial charge in [-0.1, -0.05) is 72.5 Å². The van der Waals surface area contributed by atoms with Crippen molar-refractivity contribution < 1.29 is 29.0 Å². The zero-order valence-electron chi connectivity index (χ0n) is 20.9. The molecule has 194 valence electrons. The maximum atomic E-state index is 13.4. The number of benzene rings is 2. The van der Waals surface area contributed by atoms with Crippen molar-refractivity contribution in [1.82, 2.24) is 4.98 Å². The lowest BCUT2D eigenvalue weighted by atomic mass is 9.95. The fourth-order valence-electron chi connectivity index (χ4n) is 3.97. The quantitative estimate of drug-likeness (QED) is 0.213. The first-order valence-electron chi connectivity index (χ1n) is 11.9. The lowest BCUT2D eigenvalue weighted by Crippen LogP contribution is -2.30. The summed E-state index contributed by atoms with van der Waals surface area (Å²) < 4.78 is 10.7. The van der Waals surface area contributed by atoms with E-state index in [0.29, 0.717) is 23.6 Å². The lowest BCUT2D eigenvalue weighted by Gasteiger charge is -2.24. The van der Waals surface area contributed by atoms with Crippen LogP contribution in [0.3, 0.4) is 0 Å². The van der Waals surface area contributed by atoms with Crippen LogP contribution in [0, 0.1) is 6.92 Å². The summed E-state index contributed by atoms with van der Waals surface area (Å²) in [4.78, 5) is 45.1. The van der Waals surface area contributed by atoms with E-state index in [1.165, 1.54) is 11.0 Å². The molecular weight excluding hydrogens is 504 g/mol. The number of ether oxygens (including phenoxy) is 2. The molecule has 1 aliphatic rings. The van der Waals surface area contributed by atoms with Crippen molar-refractivity contribution in [3.05, 3.63) is 106 Å². The molecule has 0 aliphatic carbocycles. The van der Waals surface area contributed by atoms with E-state index in [1.807, 2.05) is 30.3 Å². The van der Waals surface area contributed by atoms with Crippen molar-refractivity contribution in [1.29, 1.82) is 0 Å². The zero-order valence-corrected chi connectivity index (χ0v) is 21.7. The predicted octanol–water partition coefficient (Wildman–Crippen LogP) is 5.38. The first-order valence-corrected chi connectivity index (χ1v) is 12.7. The van der Waals surface area contributed by atoms with Gasteiger partial charge in [0.15, 0.2) is 16.7 Å². The fraction of sp³-hybridized carbons (Fsp3) is 0.172. The summed E-state index contributed by atoms with van der Waals surface area (Å²) in [6.45, 7) is 7.46. The van der Waals surface area contributed by atoms with Crippen molar-refractivity contribution in [2.75, 3.05) is 18.1 Å². The molecule has 0 radical (unpaired) electrons. The number of aliphatic hydroxyl groups is 1. The van der Waals surface area contributed by atoms with Crippen LogP contribution in [0.4, 0.5) is 5.13 Å². The number of aromatic nitrogens is 1. The summed E-state index contributed by atoms with van der Waals surface area (Å²) in [5, 5.41) is 11.1. The normalized spacial score (nSPS) is 15.3. The Morgan fingerprint density at radius 2 is 1.87 bits per heavy atom. The van der Waals surface area contributed by atoms with Gasteiger partial charge in [-0.15, -0.1) is 0 Å². The highest BCUT2D eigenvalue weighted by atomic mass is 32.1. The zero-order chi connectivity index (χ0) is 27.2. The number of esters is 1. The van der Waals surface area contributed by atoms with Crippen molar-refractivity contribution in [2.24, 2.45) is 0 Å². The Labute approximate surface area is 224 Å². The first kappa shape index (κ1) is 26.6. The molecule has 0 spiro atoms. The van der Waals surface area contributed by atoms with Gasteiger partial charge in [-0.3, -0.25) is 14.5 Å². The van der Waals surface area contributed by atoms with E-state index in [9.17, 15) is 19.5 Å². The van der Waals surface area contributed by atoms with Crippen molar-refractivity contribution in [3.8, 4) is 5.75 Å². The minimum absolute atomic E-state index is 0.0903. The van der Waals surface area contributed by atoms with Crippen LogP contribution in [0.2, 0.25) is 0 Å². The SMILES string of the molecule is C=CCOc1ccc(C2C(C(=O)C=Cc3ccccc3)=C(O)C(=O)N2c2nc(C)c(C(=O)OCC)s2)cc1. The number of carbonyl (C=O) groups excluding carboxylic acids is 3. The maximum Gasteiger partial charge on any atom is 0.350 e. The molecule has 0 saturated carbocycles. The van der Waals surface area contributed by atoms with Gasteiger partial charge in [0.05, 0.1) is 23.9 Å². The predicted molar refractivity (Wildman–Crippen MR) is 145 cm³/mol. The van der Waals surface area contributed by atoms with Gasteiger partial charge in [-0.2, -0.15) is 0 Å². The van der Waals surface area contributed by atoms with Crippen molar-refractivity contribution in [2.45, 2.75) is 19.9 Å². The highest BCUT2D eigenvalue weighted by Crippen LogP contribution is 2.43. The highest BCUT2D eigenvalue weighted by Gasteiger charge is 2.45. The molecule has 4 rings (SSSR count). The maximum absolute atomic E-state index is 13.4. The van der Waals surface area contributed by atoms with E-state index >= 15 is 0 Å². The van der Waals surface area contributed by atoms with E-state index in [0.717, 1.165) is 16.9 Å². The van der Waals surface area contributed by atoms with Gasteiger partial charge in [-0.25, -0.2) is 9.78 Å². The summed E-state index contributed by atoms with van der Waals surface area (Å²) in [5.74, 6) is -1.97. The summed E-state index contributed by atoms with van der Waals surface area (Å²) in [6.07, 6.45) is 4.56. The first-order chi connectivity index (χ1) is 18.3. The average molecular weight is 531 g/mol. The van der Waals surface area contributed by atoms with Gasteiger partial charge >= 0.3 is 5.97 Å². The lowest BCUT2D eigenvalue weighted by molar-refractivity contribution is -0.117. The number of ketones is 1. The molecule has 1 amide bonds. The molecule has 2 aromatic carbocycles.